The number of amides is 1. The molecule has 1 aromatic carbocycles. The van der Waals surface area contributed by atoms with E-state index in [-0.39, 0.29) is 5.56 Å². The first-order valence-electron chi connectivity index (χ1n) is 9.63. The smallest absolute Gasteiger partial charge is 0.340 e. The number of anilines is 1. The van der Waals surface area contributed by atoms with Gasteiger partial charge in [-0.05, 0) is 32.0 Å². The molecule has 0 aliphatic carbocycles. The third kappa shape index (κ3) is 4.97. The molecule has 3 aromatic rings. The quantitative estimate of drug-likeness (QED) is 0.532. The Morgan fingerprint density at radius 3 is 2.19 bits per heavy atom. The first-order valence-corrected chi connectivity index (χ1v) is 9.63. The number of methoxy groups -OCH3 is 3. The molecule has 0 radical (unpaired) electrons. The highest BCUT2D eigenvalue weighted by molar-refractivity contribution is 5.95. The Bertz CT molecular complexity index is 1100. The van der Waals surface area contributed by atoms with Gasteiger partial charge in [-0.3, -0.25) is 4.79 Å². The second-order valence-electron chi connectivity index (χ2n) is 6.78. The third-order valence-electron chi connectivity index (χ3n) is 4.49. The number of nitrogens with zero attached hydrogens (tertiary/aromatic N) is 3. The predicted octanol–water partition coefficient (Wildman–Crippen LogP) is 2.71. The van der Waals surface area contributed by atoms with E-state index in [9.17, 15) is 9.59 Å². The number of carbonyl (C=O) groups is 2. The first-order chi connectivity index (χ1) is 15.4. The van der Waals surface area contributed by atoms with Gasteiger partial charge in [0.25, 0.3) is 5.91 Å². The van der Waals surface area contributed by atoms with Crippen LogP contribution in [0.15, 0.2) is 36.5 Å². The Morgan fingerprint density at radius 1 is 1.00 bits per heavy atom. The molecule has 0 saturated carbocycles. The summed E-state index contributed by atoms with van der Waals surface area (Å²) in [5.74, 6) is 0.543. The van der Waals surface area contributed by atoms with E-state index in [1.165, 1.54) is 27.5 Å². The Balaban J connectivity index is 1.61. The molecule has 10 nitrogen and oxygen atoms in total. The molecule has 0 saturated heterocycles. The monoisotopic (exact) mass is 440 g/mol. The number of hydrogen-bond acceptors (Lipinski definition) is 8. The summed E-state index contributed by atoms with van der Waals surface area (Å²) in [6, 6.07) is 8.30. The summed E-state index contributed by atoms with van der Waals surface area (Å²) in [6.07, 6.45) is 1.38. The van der Waals surface area contributed by atoms with Crippen LogP contribution in [0.2, 0.25) is 0 Å². The lowest BCUT2D eigenvalue weighted by atomic mass is 10.2. The number of aromatic nitrogens is 3. The molecule has 168 valence electrons. The zero-order valence-corrected chi connectivity index (χ0v) is 18.5. The van der Waals surface area contributed by atoms with Crippen LogP contribution in [0.1, 0.15) is 21.7 Å². The van der Waals surface area contributed by atoms with Crippen molar-refractivity contribution in [1.82, 2.24) is 14.8 Å². The number of rotatable bonds is 8. The van der Waals surface area contributed by atoms with Crippen LogP contribution >= 0.6 is 0 Å². The van der Waals surface area contributed by atoms with Crippen LogP contribution in [0.3, 0.4) is 0 Å². The molecule has 0 atom stereocenters. The molecule has 3 rings (SSSR count). The first kappa shape index (κ1) is 22.6. The van der Waals surface area contributed by atoms with E-state index in [0.29, 0.717) is 28.8 Å². The van der Waals surface area contributed by atoms with E-state index >= 15 is 0 Å². The van der Waals surface area contributed by atoms with Gasteiger partial charge in [-0.25, -0.2) is 14.5 Å². The van der Waals surface area contributed by atoms with Gasteiger partial charge in [0.2, 0.25) is 5.75 Å². The Hall–Kier alpha value is -4.08. The fraction of sp³-hybridized carbons (Fsp3) is 0.273. The minimum Gasteiger partial charge on any atom is -0.493 e. The standard InChI is InChI=1S/C22H24N4O6/c1-13-8-14(2)26(25-13)19-7-6-15(11-23-19)22(28)32-12-20(27)24-16-9-17(29-3)21(31-5)18(10-16)30-4/h6-11H,12H2,1-5H3,(H,24,27). The van der Waals surface area contributed by atoms with Gasteiger partial charge in [-0.1, -0.05) is 0 Å². The normalized spacial score (nSPS) is 10.4. The van der Waals surface area contributed by atoms with Gasteiger partial charge in [0.05, 0.1) is 32.6 Å². The molecule has 0 aliphatic rings. The van der Waals surface area contributed by atoms with Crippen molar-refractivity contribution >= 4 is 17.6 Å². The third-order valence-corrected chi connectivity index (χ3v) is 4.49. The van der Waals surface area contributed by atoms with Crippen LogP contribution in [-0.4, -0.2) is 54.6 Å². The fourth-order valence-corrected chi connectivity index (χ4v) is 3.06. The van der Waals surface area contributed by atoms with Gasteiger partial charge in [-0.15, -0.1) is 0 Å². The molecule has 0 aliphatic heterocycles. The number of nitrogens with one attached hydrogen (secondary N) is 1. The minimum atomic E-state index is -0.669. The summed E-state index contributed by atoms with van der Waals surface area (Å²) < 4.78 is 22.5. The van der Waals surface area contributed by atoms with Gasteiger partial charge in [0, 0.05) is 29.7 Å². The summed E-state index contributed by atoms with van der Waals surface area (Å²) in [4.78, 5) is 28.8. The number of hydrogen-bond donors (Lipinski definition) is 1. The van der Waals surface area contributed by atoms with E-state index in [1.807, 2.05) is 19.9 Å². The molecule has 1 amide bonds. The van der Waals surface area contributed by atoms with Crippen LogP contribution in [-0.2, 0) is 9.53 Å². The molecule has 10 heteroatoms. The number of esters is 1. The summed E-state index contributed by atoms with van der Waals surface area (Å²) in [5.41, 5.74) is 2.41. The van der Waals surface area contributed by atoms with Crippen LogP contribution < -0.4 is 19.5 Å². The van der Waals surface area contributed by atoms with E-state index < -0.39 is 18.5 Å². The number of pyridine rings is 1. The molecular weight excluding hydrogens is 416 g/mol. The van der Waals surface area contributed by atoms with Crippen molar-refractivity contribution in [2.24, 2.45) is 0 Å². The minimum absolute atomic E-state index is 0.218. The number of ether oxygens (including phenoxy) is 4. The molecule has 0 spiro atoms. The highest BCUT2D eigenvalue weighted by Crippen LogP contribution is 2.39. The lowest BCUT2D eigenvalue weighted by molar-refractivity contribution is -0.119. The molecule has 0 unspecified atom stereocenters. The van der Waals surface area contributed by atoms with Crippen molar-refractivity contribution in [3.05, 3.63) is 53.5 Å². The van der Waals surface area contributed by atoms with Gasteiger partial charge in [-0.2, -0.15) is 5.10 Å². The summed E-state index contributed by atoms with van der Waals surface area (Å²) in [6.45, 7) is 3.32. The van der Waals surface area contributed by atoms with E-state index in [0.717, 1.165) is 11.4 Å². The second-order valence-corrected chi connectivity index (χ2v) is 6.78. The molecule has 0 bridgehead atoms. The van der Waals surface area contributed by atoms with Gasteiger partial charge < -0.3 is 24.3 Å². The Labute approximate surface area is 185 Å². The summed E-state index contributed by atoms with van der Waals surface area (Å²) in [7, 11) is 4.42. The topological polar surface area (TPSA) is 114 Å². The number of carbonyl (C=O) groups excluding carboxylic acids is 2. The maximum atomic E-state index is 12.3. The number of benzene rings is 1. The lowest BCUT2D eigenvalue weighted by Crippen LogP contribution is -2.21. The van der Waals surface area contributed by atoms with Crippen molar-refractivity contribution in [1.29, 1.82) is 0 Å². The van der Waals surface area contributed by atoms with Crippen molar-refractivity contribution in [2.45, 2.75) is 13.8 Å². The van der Waals surface area contributed by atoms with Crippen molar-refractivity contribution < 1.29 is 28.5 Å². The zero-order valence-electron chi connectivity index (χ0n) is 18.5. The van der Waals surface area contributed by atoms with E-state index in [2.05, 4.69) is 15.4 Å². The molecule has 1 N–H and O–H groups in total. The summed E-state index contributed by atoms with van der Waals surface area (Å²) in [5, 5.41) is 6.98. The van der Waals surface area contributed by atoms with Gasteiger partial charge in [0.15, 0.2) is 23.9 Å². The van der Waals surface area contributed by atoms with Crippen LogP contribution in [0, 0.1) is 13.8 Å². The average molecular weight is 440 g/mol. The van der Waals surface area contributed by atoms with Crippen LogP contribution in [0.5, 0.6) is 17.2 Å². The van der Waals surface area contributed by atoms with Crippen molar-refractivity contribution in [2.75, 3.05) is 33.3 Å². The highest BCUT2D eigenvalue weighted by atomic mass is 16.5. The largest absolute Gasteiger partial charge is 0.493 e. The molecule has 2 heterocycles. The maximum absolute atomic E-state index is 12.3. The van der Waals surface area contributed by atoms with Crippen LogP contribution in [0.25, 0.3) is 5.82 Å². The predicted molar refractivity (Wildman–Crippen MR) is 116 cm³/mol. The Morgan fingerprint density at radius 2 is 1.69 bits per heavy atom. The van der Waals surface area contributed by atoms with E-state index in [1.54, 1.807) is 28.9 Å². The average Bonchev–Trinajstić information content (AvgIpc) is 3.14. The highest BCUT2D eigenvalue weighted by Gasteiger charge is 2.16. The van der Waals surface area contributed by atoms with Gasteiger partial charge in [0.1, 0.15) is 0 Å². The molecular formula is C22H24N4O6. The van der Waals surface area contributed by atoms with Crippen LogP contribution in [0.4, 0.5) is 5.69 Å². The molecule has 2 aromatic heterocycles. The Kier molecular flexibility index (Phi) is 6.93. The van der Waals surface area contributed by atoms with Crippen molar-refractivity contribution in [3.63, 3.8) is 0 Å². The number of aryl methyl sites for hydroxylation is 2. The zero-order chi connectivity index (χ0) is 23.3. The summed E-state index contributed by atoms with van der Waals surface area (Å²) >= 11 is 0. The SMILES string of the molecule is COc1cc(NC(=O)COC(=O)c2ccc(-n3nc(C)cc3C)nc2)cc(OC)c1OC. The fourth-order valence-electron chi connectivity index (χ4n) is 3.06. The van der Waals surface area contributed by atoms with Gasteiger partial charge >= 0.3 is 5.97 Å². The van der Waals surface area contributed by atoms with Crippen molar-refractivity contribution in [3.8, 4) is 23.1 Å². The molecule has 32 heavy (non-hydrogen) atoms. The lowest BCUT2D eigenvalue weighted by Gasteiger charge is -2.14. The maximum Gasteiger partial charge on any atom is 0.340 e. The second kappa shape index (κ2) is 9.82. The van der Waals surface area contributed by atoms with E-state index in [4.69, 9.17) is 18.9 Å². The molecule has 0 fully saturated rings.